The standard InChI is InChI=1S/C27H26N2O4/c1-28(20-2-3-27(30)31)25-16-12-23(13-17-25)10-8-21-4-6-22(7-5-21)9-11-24-14-18-26(19-15-24)29(32)33/h4-19H,2-3,20H2,1H3,(H,30,31)/b10-8+,11-9+. The van der Waals surface area contributed by atoms with Crippen LogP contribution in [0, 0.1) is 10.1 Å². The highest BCUT2D eigenvalue weighted by Gasteiger charge is 2.03. The van der Waals surface area contributed by atoms with Crippen molar-refractivity contribution in [3.05, 3.63) is 105 Å². The zero-order valence-corrected chi connectivity index (χ0v) is 18.4. The molecule has 0 aromatic heterocycles. The molecule has 1 N–H and O–H groups in total. The summed E-state index contributed by atoms with van der Waals surface area (Å²) < 4.78 is 0. The Morgan fingerprint density at radius 3 is 1.61 bits per heavy atom. The van der Waals surface area contributed by atoms with Crippen LogP contribution in [0.5, 0.6) is 0 Å². The third-order valence-corrected chi connectivity index (χ3v) is 5.19. The summed E-state index contributed by atoms with van der Waals surface area (Å²) in [6, 6.07) is 22.7. The average molecular weight is 443 g/mol. The van der Waals surface area contributed by atoms with Crippen molar-refractivity contribution < 1.29 is 14.8 Å². The Morgan fingerprint density at radius 1 is 0.818 bits per heavy atom. The minimum atomic E-state index is -0.766. The van der Waals surface area contributed by atoms with Crippen molar-refractivity contribution in [2.45, 2.75) is 12.8 Å². The number of rotatable bonds is 10. The lowest BCUT2D eigenvalue weighted by Gasteiger charge is -2.18. The van der Waals surface area contributed by atoms with Gasteiger partial charge < -0.3 is 10.0 Å². The maximum atomic E-state index is 10.7. The van der Waals surface area contributed by atoms with E-state index in [-0.39, 0.29) is 12.1 Å². The third kappa shape index (κ3) is 7.47. The second-order valence-corrected chi connectivity index (χ2v) is 7.69. The topological polar surface area (TPSA) is 83.7 Å². The third-order valence-electron chi connectivity index (χ3n) is 5.19. The van der Waals surface area contributed by atoms with Crippen molar-refractivity contribution in [2.75, 3.05) is 18.5 Å². The zero-order chi connectivity index (χ0) is 23.6. The normalized spacial score (nSPS) is 11.2. The van der Waals surface area contributed by atoms with Gasteiger partial charge in [-0.1, -0.05) is 60.7 Å². The number of nitro benzene ring substituents is 1. The molecule has 0 saturated heterocycles. The molecule has 0 heterocycles. The van der Waals surface area contributed by atoms with E-state index < -0.39 is 10.9 Å². The first-order valence-electron chi connectivity index (χ1n) is 10.6. The number of hydrogen-bond donors (Lipinski definition) is 1. The molecule has 0 bridgehead atoms. The predicted molar refractivity (Wildman–Crippen MR) is 134 cm³/mol. The van der Waals surface area contributed by atoms with Crippen LogP contribution in [0.4, 0.5) is 11.4 Å². The molecule has 6 nitrogen and oxygen atoms in total. The van der Waals surface area contributed by atoms with Crippen molar-refractivity contribution in [2.24, 2.45) is 0 Å². The van der Waals surface area contributed by atoms with E-state index in [1.807, 2.05) is 67.7 Å². The molecule has 6 heteroatoms. The number of carboxylic acid groups (broad SMARTS) is 1. The summed E-state index contributed by atoms with van der Waals surface area (Å²) in [6.07, 6.45) is 8.80. The Balaban J connectivity index is 1.55. The van der Waals surface area contributed by atoms with Crippen LogP contribution in [-0.2, 0) is 4.79 Å². The molecule has 168 valence electrons. The first-order chi connectivity index (χ1) is 15.9. The molecule has 0 radical (unpaired) electrons. The Labute approximate surface area is 193 Å². The molecule has 0 atom stereocenters. The molecule has 0 amide bonds. The molecule has 0 unspecified atom stereocenters. The quantitative estimate of drug-likeness (QED) is 0.228. The Bertz CT molecular complexity index is 1130. The Morgan fingerprint density at radius 2 is 1.21 bits per heavy atom. The van der Waals surface area contributed by atoms with Crippen molar-refractivity contribution in [3.63, 3.8) is 0 Å². The van der Waals surface area contributed by atoms with Crippen molar-refractivity contribution in [1.29, 1.82) is 0 Å². The van der Waals surface area contributed by atoms with E-state index in [4.69, 9.17) is 5.11 Å². The minimum Gasteiger partial charge on any atom is -0.481 e. The number of hydrogen-bond acceptors (Lipinski definition) is 4. The molecule has 3 aromatic rings. The highest BCUT2D eigenvalue weighted by Crippen LogP contribution is 2.18. The zero-order valence-electron chi connectivity index (χ0n) is 18.4. The molecule has 33 heavy (non-hydrogen) atoms. The SMILES string of the molecule is CN(CCCC(=O)O)c1ccc(/C=C/c2ccc(/C=C/c3ccc([N+](=O)[O-])cc3)cc2)cc1. The largest absolute Gasteiger partial charge is 0.481 e. The number of carbonyl (C=O) groups is 1. The minimum absolute atomic E-state index is 0.0840. The number of aliphatic carboxylic acids is 1. The number of anilines is 1. The van der Waals surface area contributed by atoms with Gasteiger partial charge in [0.05, 0.1) is 4.92 Å². The van der Waals surface area contributed by atoms with Crippen LogP contribution in [0.1, 0.15) is 35.1 Å². The molecule has 0 spiro atoms. The molecule has 3 aromatic carbocycles. The van der Waals surface area contributed by atoms with Gasteiger partial charge in [0.1, 0.15) is 0 Å². The van der Waals surface area contributed by atoms with Crippen LogP contribution in [0.15, 0.2) is 72.8 Å². The van der Waals surface area contributed by atoms with Gasteiger partial charge in [-0.05, 0) is 52.9 Å². The van der Waals surface area contributed by atoms with E-state index in [0.717, 1.165) is 27.9 Å². The maximum absolute atomic E-state index is 10.7. The fourth-order valence-corrected chi connectivity index (χ4v) is 3.25. The Kier molecular flexibility index (Phi) is 8.13. The van der Waals surface area contributed by atoms with Gasteiger partial charge in [0, 0.05) is 37.8 Å². The second kappa shape index (κ2) is 11.4. The molecule has 0 aliphatic carbocycles. The lowest BCUT2D eigenvalue weighted by Crippen LogP contribution is -2.19. The second-order valence-electron chi connectivity index (χ2n) is 7.69. The maximum Gasteiger partial charge on any atom is 0.303 e. The Hall–Kier alpha value is -4.19. The number of nitro groups is 1. The van der Waals surface area contributed by atoms with Crippen LogP contribution < -0.4 is 4.90 Å². The fraction of sp³-hybridized carbons (Fsp3) is 0.148. The highest BCUT2D eigenvalue weighted by molar-refractivity contribution is 5.73. The molecular weight excluding hydrogens is 416 g/mol. The van der Waals surface area contributed by atoms with E-state index in [9.17, 15) is 14.9 Å². The average Bonchev–Trinajstić information content (AvgIpc) is 2.82. The van der Waals surface area contributed by atoms with Crippen LogP contribution in [0.3, 0.4) is 0 Å². The van der Waals surface area contributed by atoms with Crippen LogP contribution in [0.2, 0.25) is 0 Å². The van der Waals surface area contributed by atoms with Crippen LogP contribution in [0.25, 0.3) is 24.3 Å². The molecule has 0 aliphatic rings. The van der Waals surface area contributed by atoms with Crippen molar-refractivity contribution in [1.82, 2.24) is 0 Å². The van der Waals surface area contributed by atoms with Crippen LogP contribution >= 0.6 is 0 Å². The summed E-state index contributed by atoms with van der Waals surface area (Å²) in [6.45, 7) is 0.701. The van der Waals surface area contributed by atoms with Gasteiger partial charge in [-0.2, -0.15) is 0 Å². The predicted octanol–water partition coefficient (Wildman–Crippen LogP) is 6.24. The number of benzene rings is 3. The molecule has 3 rings (SSSR count). The summed E-state index contributed by atoms with van der Waals surface area (Å²) in [7, 11) is 1.96. The summed E-state index contributed by atoms with van der Waals surface area (Å²) in [5, 5.41) is 19.5. The van der Waals surface area contributed by atoms with Gasteiger partial charge in [-0.15, -0.1) is 0 Å². The molecular formula is C27H26N2O4. The van der Waals surface area contributed by atoms with Gasteiger partial charge in [0.2, 0.25) is 0 Å². The summed E-state index contributed by atoms with van der Waals surface area (Å²) in [4.78, 5) is 23.0. The first kappa shape index (κ1) is 23.5. The monoisotopic (exact) mass is 442 g/mol. The van der Waals surface area contributed by atoms with Crippen molar-refractivity contribution >= 4 is 41.6 Å². The highest BCUT2D eigenvalue weighted by atomic mass is 16.6. The van der Waals surface area contributed by atoms with E-state index in [2.05, 4.69) is 17.1 Å². The first-order valence-corrected chi connectivity index (χ1v) is 10.6. The van der Waals surface area contributed by atoms with Gasteiger partial charge in [-0.25, -0.2) is 0 Å². The lowest BCUT2D eigenvalue weighted by molar-refractivity contribution is -0.384. The summed E-state index contributed by atoms with van der Waals surface area (Å²) in [5.41, 5.74) is 5.25. The number of carboxylic acids is 1. The van der Waals surface area contributed by atoms with Crippen molar-refractivity contribution in [3.8, 4) is 0 Å². The van der Waals surface area contributed by atoms with E-state index in [0.29, 0.717) is 13.0 Å². The number of non-ortho nitro benzene ring substituents is 1. The fourth-order valence-electron chi connectivity index (χ4n) is 3.25. The smallest absolute Gasteiger partial charge is 0.303 e. The van der Waals surface area contributed by atoms with Crippen LogP contribution in [-0.4, -0.2) is 29.6 Å². The molecule has 0 fully saturated rings. The number of nitrogens with zero attached hydrogens (tertiary/aromatic N) is 2. The molecule has 0 saturated carbocycles. The van der Waals surface area contributed by atoms with Gasteiger partial charge >= 0.3 is 5.97 Å². The summed E-state index contributed by atoms with van der Waals surface area (Å²) in [5.74, 6) is -0.766. The summed E-state index contributed by atoms with van der Waals surface area (Å²) >= 11 is 0. The van der Waals surface area contributed by atoms with E-state index in [1.54, 1.807) is 12.1 Å². The van der Waals surface area contributed by atoms with Gasteiger partial charge in [-0.3, -0.25) is 14.9 Å². The van der Waals surface area contributed by atoms with E-state index in [1.165, 1.54) is 12.1 Å². The van der Waals surface area contributed by atoms with Gasteiger partial charge in [0.15, 0.2) is 0 Å². The van der Waals surface area contributed by atoms with Gasteiger partial charge in [0.25, 0.3) is 5.69 Å². The molecule has 0 aliphatic heterocycles. The van der Waals surface area contributed by atoms with E-state index >= 15 is 0 Å². The lowest BCUT2D eigenvalue weighted by atomic mass is 10.1.